The number of rotatable bonds is 3. The van der Waals surface area contributed by atoms with Gasteiger partial charge in [0, 0.05) is 43.3 Å². The lowest BCUT2D eigenvalue weighted by molar-refractivity contribution is 0.355. The van der Waals surface area contributed by atoms with Crippen LogP contribution in [0.5, 0.6) is 0 Å². The molecule has 124 valence electrons. The zero-order valence-corrected chi connectivity index (χ0v) is 14.8. The summed E-state index contributed by atoms with van der Waals surface area (Å²) in [7, 11) is 1.98. The van der Waals surface area contributed by atoms with Gasteiger partial charge in [0.25, 0.3) is 0 Å². The Hall–Kier alpha value is -1.40. The molecule has 6 heteroatoms. The van der Waals surface area contributed by atoms with Crippen molar-refractivity contribution in [3.8, 4) is 0 Å². The van der Waals surface area contributed by atoms with Crippen molar-refractivity contribution in [2.75, 3.05) is 18.0 Å². The van der Waals surface area contributed by atoms with Crippen LogP contribution in [0.3, 0.4) is 0 Å². The van der Waals surface area contributed by atoms with Crippen LogP contribution >= 0.6 is 11.3 Å². The van der Waals surface area contributed by atoms with Gasteiger partial charge in [0.05, 0.1) is 22.6 Å². The van der Waals surface area contributed by atoms with Gasteiger partial charge in [-0.3, -0.25) is 4.68 Å². The van der Waals surface area contributed by atoms with Crippen LogP contribution in [0.2, 0.25) is 0 Å². The number of hydrogen-bond acceptors (Lipinski definition) is 5. The number of anilines is 1. The van der Waals surface area contributed by atoms with E-state index in [0.29, 0.717) is 12.1 Å². The van der Waals surface area contributed by atoms with Crippen LogP contribution < -0.4 is 10.2 Å². The zero-order valence-electron chi connectivity index (χ0n) is 14.0. The van der Waals surface area contributed by atoms with Gasteiger partial charge in [0.2, 0.25) is 0 Å². The molecule has 0 saturated carbocycles. The van der Waals surface area contributed by atoms with E-state index >= 15 is 0 Å². The van der Waals surface area contributed by atoms with Crippen LogP contribution in [-0.4, -0.2) is 33.9 Å². The number of aryl methyl sites for hydroxylation is 3. The fourth-order valence-corrected chi connectivity index (χ4v) is 4.97. The van der Waals surface area contributed by atoms with Crippen LogP contribution in [0.25, 0.3) is 0 Å². The molecule has 2 unspecified atom stereocenters. The number of aromatic nitrogens is 3. The Labute approximate surface area is 141 Å². The molecule has 0 spiro atoms. The van der Waals surface area contributed by atoms with Crippen molar-refractivity contribution in [2.45, 2.75) is 51.1 Å². The van der Waals surface area contributed by atoms with E-state index in [1.54, 1.807) is 0 Å². The molecule has 1 aliphatic carbocycles. The topological polar surface area (TPSA) is 46.0 Å². The first-order valence-electron chi connectivity index (χ1n) is 8.65. The molecule has 0 radical (unpaired) electrons. The molecular formula is C17H25N5S. The van der Waals surface area contributed by atoms with Gasteiger partial charge >= 0.3 is 0 Å². The predicted molar refractivity (Wildman–Crippen MR) is 94.1 cm³/mol. The van der Waals surface area contributed by atoms with E-state index in [2.05, 4.69) is 28.4 Å². The van der Waals surface area contributed by atoms with Crippen molar-refractivity contribution < 1.29 is 0 Å². The quantitative estimate of drug-likeness (QED) is 0.939. The van der Waals surface area contributed by atoms with E-state index in [4.69, 9.17) is 4.98 Å². The molecule has 23 heavy (non-hydrogen) atoms. The van der Waals surface area contributed by atoms with E-state index in [-0.39, 0.29) is 0 Å². The molecule has 1 aliphatic heterocycles. The van der Waals surface area contributed by atoms with Gasteiger partial charge in [-0.15, -0.1) is 11.3 Å². The Morgan fingerprint density at radius 3 is 3.04 bits per heavy atom. The number of hydrogen-bond donors (Lipinski definition) is 1. The number of thiazole rings is 1. The Bertz CT molecular complexity index is 676. The van der Waals surface area contributed by atoms with Gasteiger partial charge in [0.1, 0.15) is 0 Å². The molecule has 1 N–H and O–H groups in total. The van der Waals surface area contributed by atoms with E-state index in [1.165, 1.54) is 46.9 Å². The van der Waals surface area contributed by atoms with Crippen LogP contribution in [0, 0.1) is 6.92 Å². The van der Waals surface area contributed by atoms with Gasteiger partial charge in [-0.2, -0.15) is 5.10 Å². The van der Waals surface area contributed by atoms with Crippen molar-refractivity contribution in [1.82, 2.24) is 20.1 Å². The van der Waals surface area contributed by atoms with Gasteiger partial charge < -0.3 is 10.2 Å². The SMILES string of the molecule is Cc1nc2c(s1)C(NC1CCCN(c3cnn(C)c3)C1)CCC2. The van der Waals surface area contributed by atoms with E-state index < -0.39 is 0 Å². The summed E-state index contributed by atoms with van der Waals surface area (Å²) >= 11 is 1.89. The van der Waals surface area contributed by atoms with Crippen molar-refractivity contribution in [3.63, 3.8) is 0 Å². The highest BCUT2D eigenvalue weighted by Crippen LogP contribution is 2.35. The van der Waals surface area contributed by atoms with Gasteiger partial charge in [-0.25, -0.2) is 4.98 Å². The van der Waals surface area contributed by atoms with Crippen LogP contribution in [0.15, 0.2) is 12.4 Å². The molecule has 0 amide bonds. The predicted octanol–water partition coefficient (Wildman–Crippen LogP) is 2.82. The molecule has 2 atom stereocenters. The normalized spacial score (nSPS) is 24.7. The smallest absolute Gasteiger partial charge is 0.0900 e. The third-order valence-corrected chi connectivity index (χ3v) is 6.10. The molecule has 1 fully saturated rings. The Morgan fingerprint density at radius 2 is 2.22 bits per heavy atom. The molecular weight excluding hydrogens is 306 g/mol. The van der Waals surface area contributed by atoms with Crippen molar-refractivity contribution in [3.05, 3.63) is 28.0 Å². The second-order valence-electron chi connectivity index (χ2n) is 6.81. The maximum absolute atomic E-state index is 4.72. The number of nitrogens with zero attached hydrogens (tertiary/aromatic N) is 4. The first kappa shape index (κ1) is 15.1. The van der Waals surface area contributed by atoms with Crippen molar-refractivity contribution >= 4 is 17.0 Å². The first-order valence-corrected chi connectivity index (χ1v) is 9.46. The third kappa shape index (κ3) is 3.15. The van der Waals surface area contributed by atoms with Crippen molar-refractivity contribution in [2.24, 2.45) is 7.05 Å². The number of fused-ring (bicyclic) bond motifs is 1. The summed E-state index contributed by atoms with van der Waals surface area (Å²) in [5.74, 6) is 0. The minimum atomic E-state index is 0.504. The van der Waals surface area contributed by atoms with Crippen LogP contribution in [0.4, 0.5) is 5.69 Å². The van der Waals surface area contributed by atoms with E-state index in [1.807, 2.05) is 29.3 Å². The second kappa shape index (κ2) is 6.24. The second-order valence-corrected chi connectivity index (χ2v) is 8.05. The maximum atomic E-state index is 4.72. The highest BCUT2D eigenvalue weighted by molar-refractivity contribution is 7.11. The third-order valence-electron chi connectivity index (χ3n) is 4.97. The van der Waals surface area contributed by atoms with Gasteiger partial charge in [-0.1, -0.05) is 0 Å². The largest absolute Gasteiger partial charge is 0.367 e. The van der Waals surface area contributed by atoms with E-state index in [0.717, 1.165) is 19.5 Å². The molecule has 3 heterocycles. The summed E-state index contributed by atoms with van der Waals surface area (Å²) < 4.78 is 1.89. The molecule has 0 aromatic carbocycles. The van der Waals surface area contributed by atoms with Crippen molar-refractivity contribution in [1.29, 1.82) is 0 Å². The first-order chi connectivity index (χ1) is 11.2. The molecule has 4 rings (SSSR count). The number of piperidine rings is 1. The lowest BCUT2D eigenvalue weighted by atomic mass is 9.96. The fourth-order valence-electron chi connectivity index (χ4n) is 3.90. The van der Waals surface area contributed by atoms with E-state index in [9.17, 15) is 0 Å². The lowest BCUT2D eigenvalue weighted by Crippen LogP contribution is -2.47. The summed E-state index contributed by atoms with van der Waals surface area (Å²) in [6, 6.07) is 1.06. The monoisotopic (exact) mass is 331 g/mol. The zero-order chi connectivity index (χ0) is 15.8. The Kier molecular flexibility index (Phi) is 4.11. The molecule has 0 bridgehead atoms. The molecule has 1 saturated heterocycles. The van der Waals surface area contributed by atoms with Crippen LogP contribution in [-0.2, 0) is 13.5 Å². The minimum Gasteiger partial charge on any atom is -0.367 e. The van der Waals surface area contributed by atoms with Gasteiger partial charge in [0.15, 0.2) is 0 Å². The summed E-state index contributed by atoms with van der Waals surface area (Å²) in [6.45, 7) is 4.35. The Balaban J connectivity index is 1.45. The molecule has 5 nitrogen and oxygen atoms in total. The van der Waals surface area contributed by atoms with Gasteiger partial charge in [-0.05, 0) is 39.0 Å². The standard InChI is InChI=1S/C17H25N5S/c1-12-19-15-6-3-7-16(17(15)23-12)20-13-5-4-8-22(10-13)14-9-18-21(2)11-14/h9,11,13,16,20H,3-8,10H2,1-2H3. The highest BCUT2D eigenvalue weighted by atomic mass is 32.1. The summed E-state index contributed by atoms with van der Waals surface area (Å²) in [6.07, 6.45) is 10.3. The Morgan fingerprint density at radius 1 is 1.30 bits per heavy atom. The summed E-state index contributed by atoms with van der Waals surface area (Å²) in [4.78, 5) is 8.68. The molecule has 2 aromatic heterocycles. The fraction of sp³-hybridized carbons (Fsp3) is 0.647. The average Bonchev–Trinajstić information content (AvgIpc) is 3.13. The lowest BCUT2D eigenvalue weighted by Gasteiger charge is -2.36. The molecule has 2 aromatic rings. The molecule has 2 aliphatic rings. The summed E-state index contributed by atoms with van der Waals surface area (Å²) in [5.41, 5.74) is 2.59. The number of nitrogens with one attached hydrogen (secondary N) is 1. The van der Waals surface area contributed by atoms with Crippen LogP contribution in [0.1, 0.15) is 47.3 Å². The maximum Gasteiger partial charge on any atom is 0.0900 e. The average molecular weight is 331 g/mol. The highest BCUT2D eigenvalue weighted by Gasteiger charge is 2.28. The minimum absolute atomic E-state index is 0.504. The summed E-state index contributed by atoms with van der Waals surface area (Å²) in [5, 5.41) is 9.46.